The van der Waals surface area contributed by atoms with Crippen LogP contribution in [0.25, 0.3) is 0 Å². The standard InChI is InChI=1S/C13H16ClNO3/c1-8(2)6-11(16)15-12(13(17)18)9-4-3-5-10(14)7-9/h3-5,7-8,12H,6H2,1-2H3,(H,15,16)(H,17,18). The molecule has 0 fully saturated rings. The fourth-order valence-electron chi connectivity index (χ4n) is 1.56. The van der Waals surface area contributed by atoms with Gasteiger partial charge in [0.05, 0.1) is 0 Å². The van der Waals surface area contributed by atoms with Gasteiger partial charge in [0.15, 0.2) is 6.04 Å². The van der Waals surface area contributed by atoms with Crippen molar-refractivity contribution in [2.75, 3.05) is 0 Å². The molecule has 5 heteroatoms. The number of hydrogen-bond donors (Lipinski definition) is 2. The van der Waals surface area contributed by atoms with Crippen LogP contribution in [0, 0.1) is 5.92 Å². The van der Waals surface area contributed by atoms with E-state index in [4.69, 9.17) is 16.7 Å². The zero-order valence-corrected chi connectivity index (χ0v) is 11.1. The maximum atomic E-state index is 11.6. The van der Waals surface area contributed by atoms with Crippen LogP contribution in [0.3, 0.4) is 0 Å². The Morgan fingerprint density at radius 3 is 2.56 bits per heavy atom. The Hall–Kier alpha value is -1.55. The summed E-state index contributed by atoms with van der Waals surface area (Å²) >= 11 is 5.81. The first-order valence-corrected chi connectivity index (χ1v) is 6.05. The van der Waals surface area contributed by atoms with Gasteiger partial charge in [-0.15, -0.1) is 0 Å². The highest BCUT2D eigenvalue weighted by atomic mass is 35.5. The molecule has 0 aromatic heterocycles. The van der Waals surface area contributed by atoms with Gasteiger partial charge in [-0.1, -0.05) is 37.6 Å². The Bertz CT molecular complexity index is 446. The van der Waals surface area contributed by atoms with Gasteiger partial charge >= 0.3 is 5.97 Å². The minimum atomic E-state index is -1.10. The number of halogens is 1. The first-order valence-electron chi connectivity index (χ1n) is 5.67. The van der Waals surface area contributed by atoms with Crippen molar-refractivity contribution in [3.05, 3.63) is 34.9 Å². The van der Waals surface area contributed by atoms with Gasteiger partial charge in [0.1, 0.15) is 0 Å². The van der Waals surface area contributed by atoms with E-state index >= 15 is 0 Å². The quantitative estimate of drug-likeness (QED) is 0.863. The lowest BCUT2D eigenvalue weighted by Crippen LogP contribution is -2.34. The summed E-state index contributed by atoms with van der Waals surface area (Å²) in [6.45, 7) is 3.80. The van der Waals surface area contributed by atoms with E-state index in [-0.39, 0.29) is 11.8 Å². The van der Waals surface area contributed by atoms with Crippen LogP contribution < -0.4 is 5.32 Å². The third-order valence-electron chi connectivity index (χ3n) is 2.33. The van der Waals surface area contributed by atoms with Gasteiger partial charge in [-0.05, 0) is 23.6 Å². The molecule has 1 aromatic carbocycles. The van der Waals surface area contributed by atoms with Gasteiger partial charge in [-0.25, -0.2) is 4.79 Å². The molecule has 0 aliphatic heterocycles. The third-order valence-corrected chi connectivity index (χ3v) is 2.56. The molecule has 1 rings (SSSR count). The molecule has 0 aliphatic rings. The molecule has 1 aromatic rings. The normalized spacial score (nSPS) is 12.2. The summed E-state index contributed by atoms with van der Waals surface area (Å²) in [5, 5.41) is 12.1. The van der Waals surface area contributed by atoms with Crippen molar-refractivity contribution in [1.29, 1.82) is 0 Å². The van der Waals surface area contributed by atoms with Crippen LogP contribution >= 0.6 is 11.6 Å². The van der Waals surface area contributed by atoms with E-state index in [2.05, 4.69) is 5.32 Å². The average Bonchev–Trinajstić information content (AvgIpc) is 2.24. The lowest BCUT2D eigenvalue weighted by Gasteiger charge is -2.16. The number of nitrogens with one attached hydrogen (secondary N) is 1. The number of benzene rings is 1. The second-order valence-electron chi connectivity index (χ2n) is 4.49. The van der Waals surface area contributed by atoms with Crippen LogP contribution in [0.1, 0.15) is 31.9 Å². The highest BCUT2D eigenvalue weighted by molar-refractivity contribution is 6.30. The predicted octanol–water partition coefficient (Wildman–Crippen LogP) is 2.63. The lowest BCUT2D eigenvalue weighted by atomic mass is 10.1. The summed E-state index contributed by atoms with van der Waals surface area (Å²) in [5.41, 5.74) is 0.465. The summed E-state index contributed by atoms with van der Waals surface area (Å²) < 4.78 is 0. The molecule has 0 saturated heterocycles. The van der Waals surface area contributed by atoms with Crippen LogP contribution in [0.5, 0.6) is 0 Å². The number of carbonyl (C=O) groups is 2. The number of carbonyl (C=O) groups excluding carboxylic acids is 1. The number of carboxylic acid groups (broad SMARTS) is 1. The van der Waals surface area contributed by atoms with Crippen LogP contribution in [0.2, 0.25) is 5.02 Å². The van der Waals surface area contributed by atoms with E-state index in [0.29, 0.717) is 17.0 Å². The van der Waals surface area contributed by atoms with Crippen LogP contribution in [-0.4, -0.2) is 17.0 Å². The SMILES string of the molecule is CC(C)CC(=O)NC(C(=O)O)c1cccc(Cl)c1. The van der Waals surface area contributed by atoms with E-state index in [1.54, 1.807) is 18.2 Å². The summed E-state index contributed by atoms with van der Waals surface area (Å²) in [6.07, 6.45) is 0.296. The van der Waals surface area contributed by atoms with Crippen molar-refractivity contribution in [3.8, 4) is 0 Å². The van der Waals surface area contributed by atoms with E-state index < -0.39 is 12.0 Å². The van der Waals surface area contributed by atoms with E-state index in [0.717, 1.165) is 0 Å². The fourth-order valence-corrected chi connectivity index (χ4v) is 1.76. The molecule has 1 unspecified atom stereocenters. The molecule has 0 heterocycles. The molecule has 0 saturated carbocycles. The van der Waals surface area contributed by atoms with Crippen molar-refractivity contribution >= 4 is 23.5 Å². The van der Waals surface area contributed by atoms with Crippen LogP contribution in [-0.2, 0) is 9.59 Å². The van der Waals surface area contributed by atoms with Crippen molar-refractivity contribution in [3.63, 3.8) is 0 Å². The molecule has 0 bridgehead atoms. The molecule has 0 spiro atoms. The van der Waals surface area contributed by atoms with Crippen LogP contribution in [0.15, 0.2) is 24.3 Å². The van der Waals surface area contributed by atoms with E-state index in [1.165, 1.54) is 6.07 Å². The van der Waals surface area contributed by atoms with Crippen molar-refractivity contribution in [2.45, 2.75) is 26.3 Å². The summed E-state index contributed by atoms with van der Waals surface area (Å²) in [4.78, 5) is 22.8. The van der Waals surface area contributed by atoms with E-state index in [9.17, 15) is 9.59 Å². The molecular weight excluding hydrogens is 254 g/mol. The third kappa shape index (κ3) is 4.37. The molecule has 0 aliphatic carbocycles. The molecule has 1 amide bonds. The highest BCUT2D eigenvalue weighted by Gasteiger charge is 2.22. The molecular formula is C13H16ClNO3. The minimum absolute atomic E-state index is 0.179. The van der Waals surface area contributed by atoms with E-state index in [1.807, 2.05) is 13.8 Å². The first-order chi connectivity index (χ1) is 8.40. The van der Waals surface area contributed by atoms with Crippen molar-refractivity contribution < 1.29 is 14.7 Å². The molecule has 0 radical (unpaired) electrons. The van der Waals surface area contributed by atoms with Gasteiger partial charge in [0, 0.05) is 11.4 Å². The number of hydrogen-bond acceptors (Lipinski definition) is 2. The lowest BCUT2D eigenvalue weighted by molar-refractivity contribution is -0.142. The van der Waals surface area contributed by atoms with Gasteiger partial charge in [0.25, 0.3) is 0 Å². The topological polar surface area (TPSA) is 66.4 Å². The second-order valence-corrected chi connectivity index (χ2v) is 4.93. The maximum absolute atomic E-state index is 11.6. The number of carboxylic acids is 1. The maximum Gasteiger partial charge on any atom is 0.330 e. The average molecular weight is 270 g/mol. The molecule has 2 N–H and O–H groups in total. The van der Waals surface area contributed by atoms with Gasteiger partial charge < -0.3 is 10.4 Å². The smallest absolute Gasteiger partial charge is 0.330 e. The zero-order chi connectivity index (χ0) is 13.7. The number of amides is 1. The number of aliphatic carboxylic acids is 1. The van der Waals surface area contributed by atoms with Gasteiger partial charge in [0.2, 0.25) is 5.91 Å². The Morgan fingerprint density at radius 1 is 1.39 bits per heavy atom. The second kappa shape index (κ2) is 6.40. The Balaban J connectivity index is 2.84. The summed E-state index contributed by atoms with van der Waals surface area (Å²) in [6, 6.07) is 5.41. The van der Waals surface area contributed by atoms with Crippen molar-refractivity contribution in [2.24, 2.45) is 5.92 Å². The largest absolute Gasteiger partial charge is 0.479 e. The zero-order valence-electron chi connectivity index (χ0n) is 10.3. The predicted molar refractivity (Wildman–Crippen MR) is 69.4 cm³/mol. The number of rotatable bonds is 5. The van der Waals surface area contributed by atoms with Crippen molar-refractivity contribution in [1.82, 2.24) is 5.32 Å². The first kappa shape index (κ1) is 14.5. The Labute approximate surface area is 111 Å². The monoisotopic (exact) mass is 269 g/mol. The molecule has 4 nitrogen and oxygen atoms in total. The van der Waals surface area contributed by atoms with Crippen LogP contribution in [0.4, 0.5) is 0 Å². The van der Waals surface area contributed by atoms with Gasteiger partial charge in [-0.2, -0.15) is 0 Å². The Morgan fingerprint density at radius 2 is 2.06 bits per heavy atom. The molecule has 1 atom stereocenters. The highest BCUT2D eigenvalue weighted by Crippen LogP contribution is 2.18. The molecule has 18 heavy (non-hydrogen) atoms. The fraction of sp³-hybridized carbons (Fsp3) is 0.385. The van der Waals surface area contributed by atoms with Gasteiger partial charge in [-0.3, -0.25) is 4.79 Å². The summed E-state index contributed by atoms with van der Waals surface area (Å²) in [5.74, 6) is -1.20. The minimum Gasteiger partial charge on any atom is -0.479 e. The summed E-state index contributed by atoms with van der Waals surface area (Å²) in [7, 11) is 0. The Kier molecular flexibility index (Phi) is 5.16. The molecule has 98 valence electrons.